The molecule has 0 aliphatic rings. The van der Waals surface area contributed by atoms with Crippen LogP contribution in [0.25, 0.3) is 0 Å². The van der Waals surface area contributed by atoms with E-state index in [0.29, 0.717) is 5.69 Å². The van der Waals surface area contributed by atoms with Crippen LogP contribution in [-0.2, 0) is 12.7 Å². The van der Waals surface area contributed by atoms with Crippen LogP contribution in [0.1, 0.15) is 11.4 Å². The quantitative estimate of drug-likeness (QED) is 0.740. The van der Waals surface area contributed by atoms with Crippen molar-refractivity contribution in [3.05, 3.63) is 70.4 Å². The highest BCUT2D eigenvalue weighted by molar-refractivity contribution is 5.53. The maximum Gasteiger partial charge on any atom is 0.421 e. The number of rotatable bonds is 4. The van der Waals surface area contributed by atoms with Crippen LogP contribution in [0.15, 0.2) is 53.5 Å². The van der Waals surface area contributed by atoms with Crippen LogP contribution in [0.5, 0.6) is 0 Å². The Morgan fingerprint density at radius 3 is 2.46 bits per heavy atom. The Morgan fingerprint density at radius 2 is 1.77 bits per heavy atom. The molecule has 2 aromatic heterocycles. The second-order valence-electron chi connectivity index (χ2n) is 5.28. The van der Waals surface area contributed by atoms with E-state index in [9.17, 15) is 18.0 Å². The molecule has 2 heterocycles. The van der Waals surface area contributed by atoms with Gasteiger partial charge in [0.05, 0.1) is 6.54 Å². The number of benzene rings is 1. The van der Waals surface area contributed by atoms with Crippen LogP contribution in [-0.4, -0.2) is 19.5 Å². The minimum Gasteiger partial charge on any atom is -0.368 e. The lowest BCUT2D eigenvalue weighted by molar-refractivity contribution is -0.138. The number of pyridine rings is 1. The fourth-order valence-corrected chi connectivity index (χ4v) is 2.24. The summed E-state index contributed by atoms with van der Waals surface area (Å²) in [6.45, 7) is -0.279. The summed E-state index contributed by atoms with van der Waals surface area (Å²) < 4.78 is 39.4. The van der Waals surface area contributed by atoms with Gasteiger partial charge in [-0.3, -0.25) is 4.79 Å². The second kappa shape index (κ2) is 6.82. The highest BCUT2D eigenvalue weighted by Crippen LogP contribution is 2.26. The summed E-state index contributed by atoms with van der Waals surface area (Å²) in [5.74, 6) is 0.0598. The molecule has 0 saturated carbocycles. The van der Waals surface area contributed by atoms with Gasteiger partial charge in [-0.1, -0.05) is 18.2 Å². The molecule has 0 aliphatic carbocycles. The molecule has 0 saturated heterocycles. The van der Waals surface area contributed by atoms with Crippen molar-refractivity contribution in [1.82, 2.24) is 19.5 Å². The van der Waals surface area contributed by atoms with Gasteiger partial charge in [0.2, 0.25) is 11.9 Å². The van der Waals surface area contributed by atoms with E-state index < -0.39 is 17.3 Å². The van der Waals surface area contributed by atoms with Gasteiger partial charge >= 0.3 is 6.18 Å². The van der Waals surface area contributed by atoms with Gasteiger partial charge in [-0.2, -0.15) is 28.1 Å². The maximum absolute atomic E-state index is 12.9. The number of anilines is 3. The first-order valence-corrected chi connectivity index (χ1v) is 7.42. The van der Waals surface area contributed by atoms with Crippen molar-refractivity contribution in [1.29, 1.82) is 0 Å². The third-order valence-electron chi connectivity index (χ3n) is 3.37. The van der Waals surface area contributed by atoms with Crippen LogP contribution in [0.2, 0.25) is 0 Å². The molecule has 3 rings (SSSR count). The normalized spacial score (nSPS) is 11.3. The number of alkyl halides is 3. The summed E-state index contributed by atoms with van der Waals surface area (Å²) in [6, 6.07) is 10.8. The van der Waals surface area contributed by atoms with Gasteiger partial charge < -0.3 is 15.6 Å². The first kappa shape index (κ1) is 17.4. The zero-order chi connectivity index (χ0) is 18.7. The molecule has 0 atom stereocenters. The lowest BCUT2D eigenvalue weighted by atomic mass is 10.2. The molecule has 7 nitrogen and oxygen atoms in total. The molecule has 134 valence electrons. The zero-order valence-corrected chi connectivity index (χ0v) is 13.2. The van der Waals surface area contributed by atoms with Crippen LogP contribution < -0.4 is 16.6 Å². The van der Waals surface area contributed by atoms with E-state index in [0.717, 1.165) is 16.7 Å². The minimum absolute atomic E-state index is 0.0531. The summed E-state index contributed by atoms with van der Waals surface area (Å²) in [5.41, 5.74) is 3.89. The van der Waals surface area contributed by atoms with E-state index in [4.69, 9.17) is 5.73 Å². The fourth-order valence-electron chi connectivity index (χ4n) is 2.24. The number of nitrogens with two attached hydrogens (primary N) is 1. The van der Waals surface area contributed by atoms with Crippen molar-refractivity contribution in [3.8, 4) is 0 Å². The van der Waals surface area contributed by atoms with E-state index >= 15 is 0 Å². The number of hydrogen-bond acceptors (Lipinski definition) is 6. The summed E-state index contributed by atoms with van der Waals surface area (Å²) >= 11 is 0. The predicted molar refractivity (Wildman–Crippen MR) is 88.8 cm³/mol. The summed E-state index contributed by atoms with van der Waals surface area (Å²) in [5, 5.41) is 2.91. The topological polar surface area (TPSA) is 98.7 Å². The molecule has 0 unspecified atom stereocenters. The van der Waals surface area contributed by atoms with Crippen molar-refractivity contribution >= 4 is 17.6 Å². The number of halogens is 3. The highest BCUT2D eigenvalue weighted by Gasteiger charge is 2.34. The van der Waals surface area contributed by atoms with E-state index in [1.54, 1.807) is 24.3 Å². The van der Waals surface area contributed by atoms with E-state index in [1.165, 1.54) is 6.20 Å². The Morgan fingerprint density at radius 1 is 1.04 bits per heavy atom. The molecule has 26 heavy (non-hydrogen) atoms. The number of para-hydroxylation sites is 1. The van der Waals surface area contributed by atoms with Crippen LogP contribution in [0.3, 0.4) is 0 Å². The van der Waals surface area contributed by atoms with Gasteiger partial charge in [-0.25, -0.2) is 0 Å². The Labute approximate surface area is 145 Å². The van der Waals surface area contributed by atoms with E-state index in [-0.39, 0.29) is 24.3 Å². The molecule has 0 aliphatic heterocycles. The number of nitrogen functional groups attached to an aromatic ring is 1. The predicted octanol–water partition coefficient (Wildman–Crippen LogP) is 2.43. The highest BCUT2D eigenvalue weighted by atomic mass is 19.4. The molecule has 0 fully saturated rings. The molecular formula is C16H13F3N6O. The van der Waals surface area contributed by atoms with Crippen molar-refractivity contribution in [2.45, 2.75) is 12.7 Å². The number of nitrogens with one attached hydrogen (secondary N) is 1. The van der Waals surface area contributed by atoms with Crippen LogP contribution in [0.4, 0.5) is 30.8 Å². The number of aromatic nitrogens is 4. The number of hydrogen-bond donors (Lipinski definition) is 2. The Hall–Kier alpha value is -3.43. The molecule has 0 radical (unpaired) electrons. The molecule has 1 aromatic carbocycles. The first-order valence-electron chi connectivity index (χ1n) is 7.42. The average Bonchev–Trinajstić information content (AvgIpc) is 2.56. The van der Waals surface area contributed by atoms with Gasteiger partial charge in [0.1, 0.15) is 5.56 Å². The molecule has 0 bridgehead atoms. The second-order valence-corrected chi connectivity index (χ2v) is 5.28. The summed E-state index contributed by atoms with van der Waals surface area (Å²) in [4.78, 5) is 23.9. The van der Waals surface area contributed by atoms with Crippen molar-refractivity contribution in [2.75, 3.05) is 11.1 Å². The third kappa shape index (κ3) is 3.97. The number of nitrogens with zero attached hydrogens (tertiary/aromatic N) is 4. The molecule has 0 amide bonds. The fraction of sp³-hybridized carbons (Fsp3) is 0.125. The van der Waals surface area contributed by atoms with Gasteiger partial charge in [-0.15, -0.1) is 0 Å². The smallest absolute Gasteiger partial charge is 0.368 e. The van der Waals surface area contributed by atoms with Crippen molar-refractivity contribution in [3.63, 3.8) is 0 Å². The lowest BCUT2D eigenvalue weighted by Crippen LogP contribution is -2.29. The van der Waals surface area contributed by atoms with Crippen LogP contribution in [0, 0.1) is 0 Å². The van der Waals surface area contributed by atoms with Crippen LogP contribution >= 0.6 is 0 Å². The van der Waals surface area contributed by atoms with Gasteiger partial charge in [0.15, 0.2) is 5.82 Å². The van der Waals surface area contributed by atoms with E-state index in [1.807, 2.05) is 6.07 Å². The Kier molecular flexibility index (Phi) is 4.57. The molecule has 3 aromatic rings. The summed E-state index contributed by atoms with van der Waals surface area (Å²) in [6.07, 6.45) is -3.51. The third-order valence-corrected chi connectivity index (χ3v) is 3.37. The first-order chi connectivity index (χ1) is 12.3. The maximum atomic E-state index is 12.9. The molecule has 10 heteroatoms. The monoisotopic (exact) mass is 362 g/mol. The standard InChI is InChI=1S/C16H13F3N6O/c17-16(18,19)11-7-4-8-25(13(11)26)9-12-22-14(20)24-15(23-12)21-10-5-2-1-3-6-10/h1-8H,9H2,(H3,20,21,22,23,24). The molecule has 3 N–H and O–H groups in total. The van der Waals surface area contributed by atoms with Gasteiger partial charge in [0, 0.05) is 11.9 Å². The average molecular weight is 362 g/mol. The lowest BCUT2D eigenvalue weighted by Gasteiger charge is -2.11. The Bertz CT molecular complexity index is 972. The SMILES string of the molecule is Nc1nc(Cn2cccc(C(F)(F)F)c2=O)nc(Nc2ccccc2)n1. The van der Waals surface area contributed by atoms with Gasteiger partial charge in [0.25, 0.3) is 5.56 Å². The van der Waals surface area contributed by atoms with E-state index in [2.05, 4.69) is 20.3 Å². The van der Waals surface area contributed by atoms with Crippen molar-refractivity contribution in [2.24, 2.45) is 0 Å². The minimum atomic E-state index is -4.74. The van der Waals surface area contributed by atoms with Gasteiger partial charge in [-0.05, 0) is 24.3 Å². The Balaban J connectivity index is 1.90. The van der Waals surface area contributed by atoms with Crippen molar-refractivity contribution < 1.29 is 13.2 Å². The summed E-state index contributed by atoms with van der Waals surface area (Å²) in [7, 11) is 0. The molecule has 0 spiro atoms. The zero-order valence-electron chi connectivity index (χ0n) is 13.2. The molecular weight excluding hydrogens is 349 g/mol. The largest absolute Gasteiger partial charge is 0.421 e.